The predicted molar refractivity (Wildman–Crippen MR) is 133 cm³/mol. The van der Waals surface area contributed by atoms with E-state index < -0.39 is 5.79 Å². The Labute approximate surface area is 189 Å². The summed E-state index contributed by atoms with van der Waals surface area (Å²) < 4.78 is 0. The van der Waals surface area contributed by atoms with Crippen molar-refractivity contribution in [1.82, 2.24) is 31.9 Å². The van der Waals surface area contributed by atoms with E-state index in [1.165, 1.54) is 44.9 Å². The van der Waals surface area contributed by atoms with Crippen LogP contribution in [0.3, 0.4) is 0 Å². The largest absolute Gasteiger partial charge is 0.310 e. The molecule has 0 spiro atoms. The van der Waals surface area contributed by atoms with Crippen molar-refractivity contribution in [3.63, 3.8) is 0 Å². The minimum Gasteiger partial charge on any atom is -0.310 e. The Hall–Kier alpha value is -0.240. The number of nitrogens with one attached hydrogen (secondary N) is 5. The van der Waals surface area contributed by atoms with Crippen LogP contribution in [0, 0.1) is 0 Å². The molecule has 0 saturated carbocycles. The highest BCUT2D eigenvalue weighted by Crippen LogP contribution is 2.31. The maximum absolute atomic E-state index is 3.94. The molecule has 30 heavy (non-hydrogen) atoms. The fraction of sp³-hybridized carbons (Fsp3) is 1.00. The van der Waals surface area contributed by atoms with E-state index in [0.29, 0.717) is 0 Å². The summed E-state index contributed by atoms with van der Waals surface area (Å²) in [6.07, 6.45) is 13.1. The molecule has 0 radical (unpaired) electrons. The van der Waals surface area contributed by atoms with Crippen molar-refractivity contribution in [1.29, 1.82) is 0 Å². The molecule has 0 heterocycles. The molecule has 0 bridgehead atoms. The molecule has 0 aromatic carbocycles. The van der Waals surface area contributed by atoms with Gasteiger partial charge in [0.25, 0.3) is 0 Å². The number of hydrogen-bond acceptors (Lipinski definition) is 6. The van der Waals surface area contributed by atoms with E-state index in [1.54, 1.807) is 0 Å². The van der Waals surface area contributed by atoms with Crippen LogP contribution in [-0.2, 0) is 0 Å². The van der Waals surface area contributed by atoms with Gasteiger partial charge in [-0.25, -0.2) is 10.9 Å². The van der Waals surface area contributed by atoms with E-state index in [1.807, 2.05) is 0 Å². The second-order valence-corrected chi connectivity index (χ2v) is 8.52. The normalized spacial score (nSPS) is 16.0. The molecule has 6 heteroatoms. The Kier molecular flexibility index (Phi) is 18.2. The maximum Gasteiger partial charge on any atom is 0.171 e. The lowest BCUT2D eigenvalue weighted by Gasteiger charge is -2.56. The lowest BCUT2D eigenvalue weighted by atomic mass is 9.81. The van der Waals surface area contributed by atoms with Crippen molar-refractivity contribution in [2.45, 2.75) is 123 Å². The molecule has 0 rings (SSSR count). The molecule has 0 aromatic rings. The number of rotatable bonds is 22. The topological polar surface area (TPSA) is 63.4 Å². The first kappa shape index (κ1) is 29.8. The summed E-state index contributed by atoms with van der Waals surface area (Å²) in [4.78, 5) is 0. The standard InChI is InChI=1S/C24H56N6/c1-8-14-17-18-22-29-30(28-21-16-10-3)24(26-13-6,27-20-11-4)23(12-5,25-7)19-15-9-2/h25-29H,8-22H2,1-7H3. The summed E-state index contributed by atoms with van der Waals surface area (Å²) in [5.41, 5.74) is 7.43. The Bertz CT molecular complexity index is 375. The number of unbranched alkanes of at least 4 members (excludes halogenated alkanes) is 5. The molecule has 182 valence electrons. The summed E-state index contributed by atoms with van der Waals surface area (Å²) in [6.45, 7) is 17.4. The van der Waals surface area contributed by atoms with Crippen LogP contribution in [0.1, 0.15) is 112 Å². The van der Waals surface area contributed by atoms with Crippen LogP contribution in [-0.4, -0.2) is 49.7 Å². The van der Waals surface area contributed by atoms with E-state index in [2.05, 4.69) is 80.5 Å². The van der Waals surface area contributed by atoms with Crippen molar-refractivity contribution in [2.24, 2.45) is 0 Å². The highest BCUT2D eigenvalue weighted by Gasteiger charge is 2.52. The predicted octanol–water partition coefficient (Wildman–Crippen LogP) is 4.50. The number of likely N-dealkylation sites (N-methyl/N-ethyl adjacent to an activating group) is 2. The van der Waals surface area contributed by atoms with Crippen LogP contribution < -0.4 is 26.8 Å². The van der Waals surface area contributed by atoms with Crippen LogP contribution in [0.2, 0.25) is 0 Å². The van der Waals surface area contributed by atoms with Gasteiger partial charge >= 0.3 is 0 Å². The molecule has 0 aliphatic carbocycles. The Morgan fingerprint density at radius 2 is 1.27 bits per heavy atom. The van der Waals surface area contributed by atoms with Crippen LogP contribution >= 0.6 is 0 Å². The second-order valence-electron chi connectivity index (χ2n) is 8.52. The average Bonchev–Trinajstić information content (AvgIpc) is 2.77. The lowest BCUT2D eigenvalue weighted by Crippen LogP contribution is -2.86. The van der Waals surface area contributed by atoms with E-state index >= 15 is 0 Å². The number of hydrogen-bond donors (Lipinski definition) is 5. The second kappa shape index (κ2) is 18.3. The summed E-state index contributed by atoms with van der Waals surface area (Å²) >= 11 is 0. The summed E-state index contributed by atoms with van der Waals surface area (Å²) in [6, 6.07) is 0. The smallest absolute Gasteiger partial charge is 0.171 e. The van der Waals surface area contributed by atoms with E-state index in [4.69, 9.17) is 0 Å². The van der Waals surface area contributed by atoms with Gasteiger partial charge in [0.15, 0.2) is 5.79 Å². The van der Waals surface area contributed by atoms with Gasteiger partial charge < -0.3 is 5.32 Å². The maximum atomic E-state index is 3.94. The fourth-order valence-electron chi connectivity index (χ4n) is 4.31. The third kappa shape index (κ3) is 9.09. The molecular formula is C24H56N6. The zero-order valence-corrected chi connectivity index (χ0v) is 21.6. The molecule has 2 unspecified atom stereocenters. The third-order valence-corrected chi connectivity index (χ3v) is 6.23. The number of hydrazine groups is 2. The zero-order valence-electron chi connectivity index (χ0n) is 21.6. The van der Waals surface area contributed by atoms with E-state index in [-0.39, 0.29) is 5.54 Å². The van der Waals surface area contributed by atoms with Crippen LogP contribution in [0.15, 0.2) is 0 Å². The van der Waals surface area contributed by atoms with Gasteiger partial charge in [-0.15, -0.1) is 5.12 Å². The van der Waals surface area contributed by atoms with Crippen molar-refractivity contribution in [3.8, 4) is 0 Å². The van der Waals surface area contributed by atoms with Crippen LogP contribution in [0.4, 0.5) is 0 Å². The van der Waals surface area contributed by atoms with E-state index in [9.17, 15) is 0 Å². The van der Waals surface area contributed by atoms with Gasteiger partial charge in [0.2, 0.25) is 0 Å². The van der Waals surface area contributed by atoms with Gasteiger partial charge in [0.05, 0.1) is 5.54 Å². The molecule has 2 atom stereocenters. The fourth-order valence-corrected chi connectivity index (χ4v) is 4.31. The first-order chi connectivity index (χ1) is 14.6. The highest BCUT2D eigenvalue weighted by atomic mass is 15.8. The van der Waals surface area contributed by atoms with Crippen molar-refractivity contribution < 1.29 is 0 Å². The van der Waals surface area contributed by atoms with Gasteiger partial charge in [0.1, 0.15) is 0 Å². The van der Waals surface area contributed by atoms with Gasteiger partial charge in [0, 0.05) is 13.1 Å². The van der Waals surface area contributed by atoms with Crippen molar-refractivity contribution in [2.75, 3.05) is 33.2 Å². The zero-order chi connectivity index (χ0) is 22.7. The van der Waals surface area contributed by atoms with Gasteiger partial charge in [-0.2, -0.15) is 0 Å². The molecule has 5 N–H and O–H groups in total. The first-order valence-corrected chi connectivity index (χ1v) is 13.0. The quantitative estimate of drug-likeness (QED) is 0.0994. The molecule has 0 aliphatic heterocycles. The third-order valence-electron chi connectivity index (χ3n) is 6.23. The Morgan fingerprint density at radius 3 is 1.77 bits per heavy atom. The molecule has 6 nitrogen and oxygen atoms in total. The minimum atomic E-state index is -0.422. The van der Waals surface area contributed by atoms with Crippen LogP contribution in [0.5, 0.6) is 0 Å². The molecule has 0 aliphatic rings. The summed E-state index contributed by atoms with van der Waals surface area (Å²) in [5, 5.41) is 13.9. The van der Waals surface area contributed by atoms with E-state index in [0.717, 1.165) is 51.9 Å². The molecule has 0 fully saturated rings. The summed E-state index contributed by atoms with van der Waals surface area (Å²) in [7, 11) is 2.13. The molecule has 0 saturated heterocycles. The van der Waals surface area contributed by atoms with Gasteiger partial charge in [-0.1, -0.05) is 80.1 Å². The molecular weight excluding hydrogens is 372 g/mol. The number of nitrogens with zero attached hydrogens (tertiary/aromatic N) is 1. The minimum absolute atomic E-state index is 0.107. The lowest BCUT2D eigenvalue weighted by molar-refractivity contribution is -0.125. The molecule has 0 amide bonds. The summed E-state index contributed by atoms with van der Waals surface area (Å²) in [5.74, 6) is -0.422. The van der Waals surface area contributed by atoms with Crippen molar-refractivity contribution >= 4 is 0 Å². The van der Waals surface area contributed by atoms with Crippen molar-refractivity contribution in [3.05, 3.63) is 0 Å². The average molecular weight is 429 g/mol. The highest BCUT2D eigenvalue weighted by molar-refractivity contribution is 5.06. The first-order valence-electron chi connectivity index (χ1n) is 13.0. The monoisotopic (exact) mass is 428 g/mol. The van der Waals surface area contributed by atoms with Gasteiger partial charge in [-0.3, -0.25) is 10.6 Å². The Morgan fingerprint density at radius 1 is 0.633 bits per heavy atom. The van der Waals surface area contributed by atoms with Crippen LogP contribution in [0.25, 0.3) is 0 Å². The molecule has 0 aromatic heterocycles. The Balaban J connectivity index is 5.97. The SMILES string of the molecule is CCCCCCNN(NCCCC)C(NCC)(NCCC)C(CC)(CCCC)NC. The van der Waals surface area contributed by atoms with Gasteiger partial charge in [-0.05, 0) is 52.2 Å².